The molecule has 2 aromatic carbocycles. The Hall–Kier alpha value is -3.43. The van der Waals surface area contributed by atoms with Crippen molar-refractivity contribution >= 4 is 29.2 Å². The van der Waals surface area contributed by atoms with Gasteiger partial charge in [-0.3, -0.25) is 14.8 Å². The van der Waals surface area contributed by atoms with E-state index in [-0.39, 0.29) is 12.3 Å². The first kappa shape index (κ1) is 23.8. The first-order chi connectivity index (χ1) is 15.0. The van der Waals surface area contributed by atoms with Gasteiger partial charge in [0.25, 0.3) is 5.91 Å². The van der Waals surface area contributed by atoms with Crippen LogP contribution in [0.1, 0.15) is 48.0 Å². The summed E-state index contributed by atoms with van der Waals surface area (Å²) in [6.07, 6.45) is 3.40. The van der Waals surface area contributed by atoms with Gasteiger partial charge < -0.3 is 21.7 Å². The Morgan fingerprint density at radius 3 is 2.29 bits per heavy atom. The Morgan fingerprint density at radius 2 is 1.58 bits per heavy atom. The largest absolute Gasteiger partial charge is 0.352 e. The number of para-hydroxylation sites is 1. The van der Waals surface area contributed by atoms with E-state index in [0.29, 0.717) is 36.4 Å². The third-order valence-corrected chi connectivity index (χ3v) is 4.61. The van der Waals surface area contributed by atoms with Gasteiger partial charge in [-0.15, -0.1) is 0 Å². The highest BCUT2D eigenvalue weighted by Crippen LogP contribution is 2.16. The van der Waals surface area contributed by atoms with Crippen LogP contribution in [0.15, 0.2) is 48.5 Å². The van der Waals surface area contributed by atoms with Gasteiger partial charge in [0, 0.05) is 25.2 Å². The Labute approximate surface area is 181 Å². The van der Waals surface area contributed by atoms with Crippen LogP contribution in [0, 0.1) is 0 Å². The van der Waals surface area contributed by atoms with Crippen LogP contribution in [-0.4, -0.2) is 29.6 Å². The Kier molecular flexibility index (Phi) is 9.99. The number of hydroxylamine groups is 1. The molecule has 0 heterocycles. The molecule has 0 spiro atoms. The number of hydrogen-bond donors (Lipinski definition) is 6. The minimum absolute atomic E-state index is 0.275. The van der Waals surface area contributed by atoms with Crippen LogP contribution in [0.2, 0.25) is 0 Å². The molecule has 0 aromatic heterocycles. The van der Waals surface area contributed by atoms with E-state index in [2.05, 4.69) is 16.0 Å². The summed E-state index contributed by atoms with van der Waals surface area (Å²) in [7, 11) is 0. The summed E-state index contributed by atoms with van der Waals surface area (Å²) in [5.74, 6) is -0.670. The van der Waals surface area contributed by atoms with Crippen LogP contribution in [0.25, 0.3) is 0 Å². The van der Waals surface area contributed by atoms with Crippen LogP contribution in [-0.2, 0) is 11.3 Å². The maximum atomic E-state index is 12.5. The molecule has 9 heteroatoms. The Balaban J connectivity index is 1.80. The van der Waals surface area contributed by atoms with Crippen LogP contribution in [0.5, 0.6) is 0 Å². The predicted molar refractivity (Wildman–Crippen MR) is 119 cm³/mol. The maximum absolute atomic E-state index is 12.5. The second-order valence-electron chi connectivity index (χ2n) is 6.98. The quantitative estimate of drug-likeness (QED) is 0.185. The third-order valence-electron chi connectivity index (χ3n) is 4.61. The molecule has 0 bridgehead atoms. The number of amides is 4. The summed E-state index contributed by atoms with van der Waals surface area (Å²) in [6, 6.07) is 13.5. The van der Waals surface area contributed by atoms with Gasteiger partial charge in [0.05, 0.1) is 11.3 Å². The number of hydrogen-bond acceptors (Lipinski definition) is 5. The lowest BCUT2D eigenvalue weighted by molar-refractivity contribution is -0.129. The molecule has 0 unspecified atom stereocenters. The average molecular weight is 428 g/mol. The highest BCUT2D eigenvalue weighted by Gasteiger charge is 2.13. The molecule has 2 aromatic rings. The number of urea groups is 1. The SMILES string of the molecule is NCc1ccc(NC(=O)Nc2ccccc2C(=O)NCCCCCCC(=O)NO)cc1. The van der Waals surface area contributed by atoms with Crippen molar-refractivity contribution in [3.8, 4) is 0 Å². The normalized spacial score (nSPS) is 10.3. The Morgan fingerprint density at radius 1 is 0.871 bits per heavy atom. The van der Waals surface area contributed by atoms with E-state index in [4.69, 9.17) is 10.9 Å². The number of rotatable bonds is 11. The van der Waals surface area contributed by atoms with E-state index >= 15 is 0 Å². The fraction of sp³-hybridized carbons (Fsp3) is 0.318. The second kappa shape index (κ2) is 13.0. The third kappa shape index (κ3) is 8.45. The molecule has 0 radical (unpaired) electrons. The molecule has 166 valence electrons. The van der Waals surface area contributed by atoms with Crippen molar-refractivity contribution in [2.45, 2.75) is 38.6 Å². The van der Waals surface area contributed by atoms with Crippen molar-refractivity contribution in [2.24, 2.45) is 5.73 Å². The minimum Gasteiger partial charge on any atom is -0.352 e. The average Bonchev–Trinajstić information content (AvgIpc) is 2.78. The van der Waals surface area contributed by atoms with E-state index in [1.54, 1.807) is 41.9 Å². The zero-order valence-corrected chi connectivity index (χ0v) is 17.3. The molecule has 0 saturated carbocycles. The standard InChI is InChI=1S/C22H29N5O4/c23-15-16-10-12-17(13-11-16)25-22(30)26-19-8-5-4-7-18(19)21(29)24-14-6-2-1-3-9-20(28)27-31/h4-5,7-8,10-13,31H,1-3,6,9,14-15,23H2,(H,24,29)(H,27,28)(H2,25,26,30). The van der Waals surface area contributed by atoms with Crippen molar-refractivity contribution in [3.63, 3.8) is 0 Å². The lowest BCUT2D eigenvalue weighted by Gasteiger charge is -2.12. The fourth-order valence-corrected chi connectivity index (χ4v) is 2.92. The first-order valence-corrected chi connectivity index (χ1v) is 10.2. The van der Waals surface area contributed by atoms with Gasteiger partial charge in [-0.2, -0.15) is 0 Å². The Bertz CT molecular complexity index is 870. The summed E-state index contributed by atoms with van der Waals surface area (Å²) in [5.41, 5.74) is 9.53. The number of nitrogens with one attached hydrogen (secondary N) is 4. The van der Waals surface area contributed by atoms with Gasteiger partial charge in [-0.05, 0) is 42.7 Å². The van der Waals surface area contributed by atoms with Gasteiger partial charge in [-0.25, -0.2) is 10.3 Å². The highest BCUT2D eigenvalue weighted by atomic mass is 16.5. The molecule has 7 N–H and O–H groups in total. The van der Waals surface area contributed by atoms with E-state index in [0.717, 1.165) is 24.8 Å². The summed E-state index contributed by atoms with van der Waals surface area (Å²) in [4.78, 5) is 35.8. The van der Waals surface area contributed by atoms with Gasteiger partial charge in [-0.1, -0.05) is 37.1 Å². The van der Waals surface area contributed by atoms with Crippen molar-refractivity contribution in [1.29, 1.82) is 0 Å². The topological polar surface area (TPSA) is 146 Å². The zero-order valence-electron chi connectivity index (χ0n) is 17.3. The number of nitrogens with two attached hydrogens (primary N) is 1. The van der Waals surface area contributed by atoms with E-state index in [1.165, 1.54) is 0 Å². The summed E-state index contributed by atoms with van der Waals surface area (Å²) < 4.78 is 0. The number of unbranched alkanes of at least 4 members (excludes halogenated alkanes) is 3. The van der Waals surface area contributed by atoms with Crippen molar-refractivity contribution in [3.05, 3.63) is 59.7 Å². The van der Waals surface area contributed by atoms with Gasteiger partial charge in [0.2, 0.25) is 5.91 Å². The molecule has 0 aliphatic heterocycles. The monoisotopic (exact) mass is 427 g/mol. The molecule has 4 amide bonds. The van der Waals surface area contributed by atoms with Crippen LogP contribution < -0.4 is 27.2 Å². The molecule has 31 heavy (non-hydrogen) atoms. The summed E-state index contributed by atoms with van der Waals surface area (Å²) >= 11 is 0. The highest BCUT2D eigenvalue weighted by molar-refractivity contribution is 6.06. The number of carbonyl (C=O) groups is 3. The number of benzene rings is 2. The predicted octanol–water partition coefficient (Wildman–Crippen LogP) is 2.98. The van der Waals surface area contributed by atoms with Gasteiger partial charge >= 0.3 is 6.03 Å². The molecule has 9 nitrogen and oxygen atoms in total. The zero-order chi connectivity index (χ0) is 22.5. The second-order valence-corrected chi connectivity index (χ2v) is 6.98. The van der Waals surface area contributed by atoms with Crippen molar-refractivity contribution < 1.29 is 19.6 Å². The minimum atomic E-state index is -0.451. The van der Waals surface area contributed by atoms with Crippen LogP contribution >= 0.6 is 0 Å². The summed E-state index contributed by atoms with van der Waals surface area (Å²) in [6.45, 7) is 0.912. The van der Waals surface area contributed by atoms with Crippen LogP contribution in [0.3, 0.4) is 0 Å². The number of anilines is 2. The van der Waals surface area contributed by atoms with E-state index in [1.807, 2.05) is 12.1 Å². The molecule has 0 atom stereocenters. The molecule has 0 fully saturated rings. The smallest absolute Gasteiger partial charge is 0.323 e. The van der Waals surface area contributed by atoms with Gasteiger partial charge in [0.1, 0.15) is 0 Å². The summed E-state index contributed by atoms with van der Waals surface area (Å²) in [5, 5.41) is 16.7. The van der Waals surface area contributed by atoms with Crippen LogP contribution in [0.4, 0.5) is 16.2 Å². The van der Waals surface area contributed by atoms with Crippen molar-refractivity contribution in [1.82, 2.24) is 10.8 Å². The van der Waals surface area contributed by atoms with E-state index in [9.17, 15) is 14.4 Å². The molecular weight excluding hydrogens is 398 g/mol. The molecule has 0 aliphatic rings. The maximum Gasteiger partial charge on any atom is 0.323 e. The molecular formula is C22H29N5O4. The molecule has 0 aliphatic carbocycles. The fourth-order valence-electron chi connectivity index (χ4n) is 2.92. The molecule has 2 rings (SSSR count). The van der Waals surface area contributed by atoms with Crippen molar-refractivity contribution in [2.75, 3.05) is 17.2 Å². The first-order valence-electron chi connectivity index (χ1n) is 10.2. The van der Waals surface area contributed by atoms with E-state index < -0.39 is 11.9 Å². The number of carbonyl (C=O) groups excluding carboxylic acids is 3. The lowest BCUT2D eigenvalue weighted by Crippen LogP contribution is -2.27. The molecule has 0 saturated heterocycles. The lowest BCUT2D eigenvalue weighted by atomic mass is 10.1. The van der Waals surface area contributed by atoms with Gasteiger partial charge in [0.15, 0.2) is 0 Å².